The van der Waals surface area contributed by atoms with E-state index in [0.717, 1.165) is 63.1 Å². The average molecular weight is 342 g/mol. The number of aromatic nitrogens is 3. The molecule has 1 atom stereocenters. The number of morpholine rings is 1. The molecule has 1 aromatic heterocycles. The van der Waals surface area contributed by atoms with Crippen LogP contribution in [0.15, 0.2) is 18.2 Å². The maximum Gasteiger partial charge on any atom is 0.155 e. The highest BCUT2D eigenvalue weighted by molar-refractivity contribution is 5.39. The third kappa shape index (κ3) is 3.70. The van der Waals surface area contributed by atoms with Crippen LogP contribution in [-0.2, 0) is 17.6 Å². The normalized spacial score (nSPS) is 20.7. The van der Waals surface area contributed by atoms with Crippen molar-refractivity contribution in [3.05, 3.63) is 41.0 Å². The molecule has 0 saturated carbocycles. The lowest BCUT2D eigenvalue weighted by Gasteiger charge is -2.31. The van der Waals surface area contributed by atoms with Gasteiger partial charge in [0.25, 0.3) is 0 Å². The summed E-state index contributed by atoms with van der Waals surface area (Å²) in [6.07, 6.45) is 2.07. The maximum atomic E-state index is 5.91. The Morgan fingerprint density at radius 1 is 1.32 bits per heavy atom. The molecule has 4 rings (SSSR count). The Hall–Kier alpha value is -1.92. The van der Waals surface area contributed by atoms with E-state index in [9.17, 15) is 0 Å². The Kier molecular flexibility index (Phi) is 4.72. The SMILES string of the molecule is CC(C)c1n[nH]c([C@H]2CN(CCc3ccc4c(c3)CCO4)CCO2)n1. The zero-order chi connectivity index (χ0) is 17.2. The minimum Gasteiger partial charge on any atom is -0.493 e. The van der Waals surface area contributed by atoms with Crippen molar-refractivity contribution in [1.29, 1.82) is 0 Å². The second-order valence-corrected chi connectivity index (χ2v) is 7.18. The van der Waals surface area contributed by atoms with Gasteiger partial charge in [0.15, 0.2) is 11.6 Å². The Morgan fingerprint density at radius 2 is 2.24 bits per heavy atom. The van der Waals surface area contributed by atoms with Gasteiger partial charge in [-0.1, -0.05) is 26.0 Å². The van der Waals surface area contributed by atoms with E-state index in [1.807, 2.05) is 0 Å². The summed E-state index contributed by atoms with van der Waals surface area (Å²) in [7, 11) is 0. The van der Waals surface area contributed by atoms with Crippen LogP contribution in [0, 0.1) is 0 Å². The third-order valence-corrected chi connectivity index (χ3v) is 4.96. The van der Waals surface area contributed by atoms with E-state index in [-0.39, 0.29) is 6.10 Å². The van der Waals surface area contributed by atoms with Crippen molar-refractivity contribution in [2.24, 2.45) is 0 Å². The van der Waals surface area contributed by atoms with Gasteiger partial charge in [0.05, 0.1) is 13.2 Å². The minimum atomic E-state index is -0.0119. The quantitative estimate of drug-likeness (QED) is 0.904. The molecule has 0 spiro atoms. The lowest BCUT2D eigenvalue weighted by molar-refractivity contribution is -0.0337. The number of aromatic amines is 1. The zero-order valence-electron chi connectivity index (χ0n) is 15.0. The fourth-order valence-electron chi connectivity index (χ4n) is 3.44. The molecule has 0 amide bonds. The van der Waals surface area contributed by atoms with Crippen LogP contribution in [0.2, 0.25) is 0 Å². The van der Waals surface area contributed by atoms with Crippen LogP contribution in [0.25, 0.3) is 0 Å². The predicted octanol–water partition coefficient (Wildman–Crippen LogP) is 2.48. The molecule has 3 heterocycles. The molecule has 6 nitrogen and oxygen atoms in total. The third-order valence-electron chi connectivity index (χ3n) is 4.96. The number of hydrogen-bond acceptors (Lipinski definition) is 5. The summed E-state index contributed by atoms with van der Waals surface area (Å²) in [5, 5.41) is 7.35. The standard InChI is InChI=1S/C19H26N4O2/c1-13(2)18-20-19(22-21-18)17-12-23(8-10-25-17)7-5-14-3-4-16-15(11-14)6-9-24-16/h3-4,11,13,17H,5-10,12H2,1-2H3,(H,20,21,22)/t17-/m1/s1. The first kappa shape index (κ1) is 16.5. The maximum absolute atomic E-state index is 5.91. The molecule has 0 bridgehead atoms. The zero-order valence-corrected chi connectivity index (χ0v) is 15.0. The molecule has 134 valence electrons. The number of hydrogen-bond donors (Lipinski definition) is 1. The van der Waals surface area contributed by atoms with Gasteiger partial charge in [-0.05, 0) is 23.6 Å². The van der Waals surface area contributed by atoms with Crippen LogP contribution in [0.1, 0.15) is 48.6 Å². The van der Waals surface area contributed by atoms with Crippen molar-refractivity contribution in [2.75, 3.05) is 32.8 Å². The Labute approximate surface area is 148 Å². The Balaban J connectivity index is 1.35. The number of fused-ring (bicyclic) bond motifs is 1. The van der Waals surface area contributed by atoms with E-state index in [1.165, 1.54) is 11.1 Å². The predicted molar refractivity (Wildman–Crippen MR) is 94.9 cm³/mol. The van der Waals surface area contributed by atoms with Crippen LogP contribution in [-0.4, -0.2) is 52.9 Å². The van der Waals surface area contributed by atoms with E-state index >= 15 is 0 Å². The molecule has 1 fully saturated rings. The number of rotatable bonds is 5. The van der Waals surface area contributed by atoms with Crippen LogP contribution < -0.4 is 4.74 Å². The second kappa shape index (κ2) is 7.14. The lowest BCUT2D eigenvalue weighted by atomic mass is 10.1. The molecule has 1 saturated heterocycles. The summed E-state index contributed by atoms with van der Waals surface area (Å²) >= 11 is 0. The van der Waals surface area contributed by atoms with E-state index < -0.39 is 0 Å². The summed E-state index contributed by atoms with van der Waals surface area (Å²) in [5.41, 5.74) is 2.73. The van der Waals surface area contributed by atoms with Crippen molar-refractivity contribution in [2.45, 2.75) is 38.7 Å². The highest BCUT2D eigenvalue weighted by Gasteiger charge is 2.25. The van der Waals surface area contributed by atoms with E-state index in [4.69, 9.17) is 9.47 Å². The van der Waals surface area contributed by atoms with Crippen molar-refractivity contribution in [1.82, 2.24) is 20.1 Å². The largest absolute Gasteiger partial charge is 0.493 e. The molecule has 2 aromatic rings. The van der Waals surface area contributed by atoms with Crippen LogP contribution in [0.4, 0.5) is 0 Å². The molecule has 2 aliphatic rings. The van der Waals surface area contributed by atoms with Crippen molar-refractivity contribution in [3.8, 4) is 5.75 Å². The molecular weight excluding hydrogens is 316 g/mol. The van der Waals surface area contributed by atoms with E-state index in [0.29, 0.717) is 5.92 Å². The molecule has 0 aliphatic carbocycles. The van der Waals surface area contributed by atoms with Gasteiger partial charge < -0.3 is 9.47 Å². The first-order valence-corrected chi connectivity index (χ1v) is 9.20. The molecule has 1 N–H and O–H groups in total. The fraction of sp³-hybridized carbons (Fsp3) is 0.579. The number of ether oxygens (including phenoxy) is 2. The molecule has 6 heteroatoms. The van der Waals surface area contributed by atoms with E-state index in [1.54, 1.807) is 0 Å². The molecule has 0 unspecified atom stereocenters. The molecule has 25 heavy (non-hydrogen) atoms. The highest BCUT2D eigenvalue weighted by atomic mass is 16.5. The van der Waals surface area contributed by atoms with Gasteiger partial charge in [0, 0.05) is 32.0 Å². The first-order valence-electron chi connectivity index (χ1n) is 9.20. The van der Waals surface area contributed by atoms with Gasteiger partial charge in [-0.3, -0.25) is 10.00 Å². The van der Waals surface area contributed by atoms with Gasteiger partial charge >= 0.3 is 0 Å². The van der Waals surface area contributed by atoms with Crippen molar-refractivity contribution in [3.63, 3.8) is 0 Å². The number of benzene rings is 1. The number of nitrogens with zero attached hydrogens (tertiary/aromatic N) is 3. The van der Waals surface area contributed by atoms with Crippen LogP contribution >= 0.6 is 0 Å². The summed E-state index contributed by atoms with van der Waals surface area (Å²) in [5.74, 6) is 3.09. The number of H-pyrrole nitrogens is 1. The van der Waals surface area contributed by atoms with E-state index in [2.05, 4.69) is 52.1 Å². The summed E-state index contributed by atoms with van der Waals surface area (Å²) < 4.78 is 11.5. The Bertz CT molecular complexity index is 728. The summed E-state index contributed by atoms with van der Waals surface area (Å²) in [6, 6.07) is 6.60. The highest BCUT2D eigenvalue weighted by Crippen LogP contribution is 2.26. The monoisotopic (exact) mass is 342 g/mol. The van der Waals surface area contributed by atoms with Gasteiger partial charge in [-0.15, -0.1) is 0 Å². The van der Waals surface area contributed by atoms with Gasteiger partial charge in [-0.2, -0.15) is 5.10 Å². The van der Waals surface area contributed by atoms with Gasteiger partial charge in [0.1, 0.15) is 11.9 Å². The lowest BCUT2D eigenvalue weighted by Crippen LogP contribution is -2.39. The minimum absolute atomic E-state index is 0.0119. The van der Waals surface area contributed by atoms with Gasteiger partial charge in [-0.25, -0.2) is 4.98 Å². The number of nitrogens with one attached hydrogen (secondary N) is 1. The first-order chi connectivity index (χ1) is 12.2. The van der Waals surface area contributed by atoms with Crippen LogP contribution in [0.5, 0.6) is 5.75 Å². The topological polar surface area (TPSA) is 63.3 Å². The smallest absolute Gasteiger partial charge is 0.155 e. The molecular formula is C19H26N4O2. The summed E-state index contributed by atoms with van der Waals surface area (Å²) in [6.45, 7) is 8.62. The fourth-order valence-corrected chi connectivity index (χ4v) is 3.44. The van der Waals surface area contributed by atoms with Crippen molar-refractivity contribution >= 4 is 0 Å². The second-order valence-electron chi connectivity index (χ2n) is 7.18. The molecule has 1 aromatic carbocycles. The van der Waals surface area contributed by atoms with Crippen LogP contribution in [0.3, 0.4) is 0 Å². The van der Waals surface area contributed by atoms with Crippen molar-refractivity contribution < 1.29 is 9.47 Å². The summed E-state index contributed by atoms with van der Waals surface area (Å²) in [4.78, 5) is 7.05. The Morgan fingerprint density at radius 3 is 3.08 bits per heavy atom. The average Bonchev–Trinajstić information content (AvgIpc) is 3.29. The molecule has 0 radical (unpaired) electrons. The van der Waals surface area contributed by atoms with Gasteiger partial charge in [0.2, 0.25) is 0 Å². The molecule has 2 aliphatic heterocycles.